The third-order valence-electron chi connectivity index (χ3n) is 5.25. The second kappa shape index (κ2) is 18.1. The highest BCUT2D eigenvalue weighted by atomic mass is 16.2. The van der Waals surface area contributed by atoms with Gasteiger partial charge in [-0.3, -0.25) is 14.7 Å². The zero-order valence-electron chi connectivity index (χ0n) is 23.6. The second-order valence-corrected chi connectivity index (χ2v) is 9.21. The molecule has 3 heterocycles. The number of unbranched alkanes of at least 4 members (excludes halogenated alkanes) is 2. The summed E-state index contributed by atoms with van der Waals surface area (Å²) in [6.45, 7) is 14.6. The van der Waals surface area contributed by atoms with E-state index in [1.807, 2.05) is 24.7 Å². The van der Waals surface area contributed by atoms with E-state index in [9.17, 15) is 4.79 Å². The van der Waals surface area contributed by atoms with E-state index in [0.717, 1.165) is 32.0 Å². The smallest absolute Gasteiger partial charge is 0.273 e. The van der Waals surface area contributed by atoms with E-state index in [1.165, 1.54) is 36.8 Å². The highest BCUT2D eigenvalue weighted by molar-refractivity contribution is 5.91. The minimum absolute atomic E-state index is 0.0282. The van der Waals surface area contributed by atoms with Gasteiger partial charge in [-0.25, -0.2) is 4.98 Å². The quantitative estimate of drug-likeness (QED) is 0.604. The van der Waals surface area contributed by atoms with E-state index in [0.29, 0.717) is 5.69 Å². The van der Waals surface area contributed by atoms with E-state index in [-0.39, 0.29) is 5.91 Å². The van der Waals surface area contributed by atoms with Gasteiger partial charge in [0.2, 0.25) is 0 Å². The zero-order valence-corrected chi connectivity index (χ0v) is 23.6. The van der Waals surface area contributed by atoms with Crippen molar-refractivity contribution in [2.75, 3.05) is 41.8 Å². The molecule has 2 aromatic heterocycles. The van der Waals surface area contributed by atoms with Gasteiger partial charge in [-0.2, -0.15) is 0 Å². The standard InChI is InChI=1S/C10H16N4O.C9H14N2.2C4H10/c1-12(2)10(15)8-6-14-5-4-13(3)7-9(14)11-8;1-8-4-5-10-6-9(8)7-11(2)3;2*1-3-4-2/h6H,4-5,7H2,1-3H3;4-6H,7H2,1-3H3;2*3-4H2,1-2H3. The van der Waals surface area contributed by atoms with Crippen molar-refractivity contribution in [3.8, 4) is 0 Å². The van der Waals surface area contributed by atoms with Crippen LogP contribution in [-0.4, -0.2) is 76.9 Å². The molecule has 0 saturated carbocycles. The van der Waals surface area contributed by atoms with Gasteiger partial charge < -0.3 is 14.4 Å². The van der Waals surface area contributed by atoms with Crippen molar-refractivity contribution in [1.29, 1.82) is 0 Å². The Morgan fingerprint density at radius 1 is 1.00 bits per heavy atom. The first-order chi connectivity index (χ1) is 16.1. The number of nitrogens with zero attached hydrogens (tertiary/aromatic N) is 6. The van der Waals surface area contributed by atoms with Gasteiger partial charge in [0.1, 0.15) is 11.5 Å². The number of hydrogen-bond donors (Lipinski definition) is 0. The zero-order chi connectivity index (χ0) is 26.1. The molecule has 0 N–H and O–H groups in total. The maximum atomic E-state index is 11.7. The number of pyridine rings is 1. The summed E-state index contributed by atoms with van der Waals surface area (Å²) in [6.07, 6.45) is 10.9. The summed E-state index contributed by atoms with van der Waals surface area (Å²) < 4.78 is 2.07. The Bertz CT molecular complexity index is 792. The Morgan fingerprint density at radius 2 is 1.59 bits per heavy atom. The van der Waals surface area contributed by atoms with Gasteiger partial charge in [-0.1, -0.05) is 53.4 Å². The van der Waals surface area contributed by atoms with Crippen LogP contribution in [0, 0.1) is 6.92 Å². The fraction of sp³-hybridized carbons (Fsp3) is 0.667. The normalized spacial score (nSPS) is 12.3. The molecule has 7 heteroatoms. The number of rotatable bonds is 5. The summed E-state index contributed by atoms with van der Waals surface area (Å²) in [5.74, 6) is 0.952. The van der Waals surface area contributed by atoms with Crippen molar-refractivity contribution in [1.82, 2.24) is 29.2 Å². The number of carbonyl (C=O) groups excluding carboxylic acids is 1. The molecule has 2 aromatic rings. The number of carbonyl (C=O) groups is 1. The number of aryl methyl sites for hydroxylation is 1. The van der Waals surface area contributed by atoms with Crippen molar-refractivity contribution in [3.05, 3.63) is 47.3 Å². The topological polar surface area (TPSA) is 57.5 Å². The minimum atomic E-state index is -0.0282. The first-order valence-electron chi connectivity index (χ1n) is 12.6. The van der Waals surface area contributed by atoms with Gasteiger partial charge in [0.25, 0.3) is 5.91 Å². The third kappa shape index (κ3) is 12.8. The Morgan fingerprint density at radius 3 is 2.06 bits per heavy atom. The van der Waals surface area contributed by atoms with Gasteiger partial charge in [-0.15, -0.1) is 0 Å². The number of aromatic nitrogens is 3. The molecule has 34 heavy (non-hydrogen) atoms. The van der Waals surface area contributed by atoms with E-state index in [1.54, 1.807) is 19.0 Å². The van der Waals surface area contributed by atoms with Crippen LogP contribution < -0.4 is 0 Å². The molecular weight excluding hydrogens is 424 g/mol. The van der Waals surface area contributed by atoms with E-state index in [4.69, 9.17) is 0 Å². The van der Waals surface area contributed by atoms with E-state index < -0.39 is 0 Å². The molecular formula is C27H50N6O. The van der Waals surface area contributed by atoms with Gasteiger partial charge in [0.05, 0.1) is 6.54 Å². The largest absolute Gasteiger partial charge is 0.343 e. The van der Waals surface area contributed by atoms with Crippen molar-refractivity contribution >= 4 is 5.91 Å². The molecule has 7 nitrogen and oxygen atoms in total. The van der Waals surface area contributed by atoms with Crippen LogP contribution in [0.2, 0.25) is 0 Å². The maximum Gasteiger partial charge on any atom is 0.273 e. The van der Waals surface area contributed by atoms with Crippen LogP contribution in [-0.2, 0) is 19.6 Å². The van der Waals surface area contributed by atoms with Crippen molar-refractivity contribution in [3.63, 3.8) is 0 Å². The van der Waals surface area contributed by atoms with Gasteiger partial charge in [-0.05, 0) is 45.3 Å². The SMILES string of the molecule is CCCC.CCCC.CN1CCn2cc(C(=O)N(C)C)nc2C1.Cc1ccncc1CN(C)C. The third-order valence-corrected chi connectivity index (χ3v) is 5.25. The lowest BCUT2D eigenvalue weighted by Crippen LogP contribution is -2.30. The van der Waals surface area contributed by atoms with Crippen molar-refractivity contribution in [2.45, 2.75) is 79.9 Å². The number of amides is 1. The predicted octanol–water partition coefficient (Wildman–Crippen LogP) is 5.09. The molecule has 194 valence electrons. The van der Waals surface area contributed by atoms with Crippen LogP contribution in [0.5, 0.6) is 0 Å². The first kappa shape index (κ1) is 31.8. The van der Waals surface area contributed by atoms with Crippen LogP contribution in [0.25, 0.3) is 0 Å². The molecule has 0 fully saturated rings. The summed E-state index contributed by atoms with van der Waals surface area (Å²) in [4.78, 5) is 26.0. The molecule has 0 aromatic carbocycles. The molecule has 0 spiro atoms. The monoisotopic (exact) mass is 474 g/mol. The molecule has 0 aliphatic carbocycles. The number of hydrogen-bond acceptors (Lipinski definition) is 5. The summed E-state index contributed by atoms with van der Waals surface area (Å²) in [6, 6.07) is 2.04. The average Bonchev–Trinajstić information content (AvgIpc) is 3.23. The fourth-order valence-electron chi connectivity index (χ4n) is 2.71. The molecule has 0 saturated heterocycles. The van der Waals surface area contributed by atoms with Crippen LogP contribution >= 0.6 is 0 Å². The molecule has 1 aliphatic rings. The Balaban J connectivity index is 0.000000502. The van der Waals surface area contributed by atoms with Gasteiger partial charge in [0.15, 0.2) is 0 Å². The minimum Gasteiger partial charge on any atom is -0.343 e. The number of fused-ring (bicyclic) bond motifs is 1. The van der Waals surface area contributed by atoms with Gasteiger partial charge in [0, 0.05) is 52.3 Å². The molecule has 0 unspecified atom stereocenters. The second-order valence-electron chi connectivity index (χ2n) is 9.21. The van der Waals surface area contributed by atoms with Crippen LogP contribution in [0.15, 0.2) is 24.7 Å². The van der Waals surface area contributed by atoms with Gasteiger partial charge >= 0.3 is 0 Å². The highest BCUT2D eigenvalue weighted by Crippen LogP contribution is 2.12. The highest BCUT2D eigenvalue weighted by Gasteiger charge is 2.19. The summed E-state index contributed by atoms with van der Waals surface area (Å²) in [5.41, 5.74) is 3.16. The maximum absolute atomic E-state index is 11.7. The summed E-state index contributed by atoms with van der Waals surface area (Å²) in [5, 5.41) is 0. The average molecular weight is 475 g/mol. The number of likely N-dealkylation sites (N-methyl/N-ethyl adjacent to an activating group) is 1. The molecule has 1 aliphatic heterocycles. The van der Waals surface area contributed by atoms with Crippen molar-refractivity contribution in [2.24, 2.45) is 0 Å². The lowest BCUT2D eigenvalue weighted by molar-refractivity contribution is 0.0822. The molecule has 0 radical (unpaired) electrons. The molecule has 0 atom stereocenters. The van der Waals surface area contributed by atoms with Crippen LogP contribution in [0.1, 0.15) is 80.8 Å². The Hall–Kier alpha value is -2.25. The lowest BCUT2D eigenvalue weighted by Gasteiger charge is -2.22. The Labute approximate surface area is 209 Å². The fourth-order valence-corrected chi connectivity index (χ4v) is 2.71. The predicted molar refractivity (Wildman–Crippen MR) is 144 cm³/mol. The number of imidazole rings is 1. The lowest BCUT2D eigenvalue weighted by atomic mass is 10.1. The van der Waals surface area contributed by atoms with Crippen LogP contribution in [0.4, 0.5) is 0 Å². The molecule has 0 bridgehead atoms. The van der Waals surface area contributed by atoms with E-state index >= 15 is 0 Å². The van der Waals surface area contributed by atoms with Crippen LogP contribution in [0.3, 0.4) is 0 Å². The molecule has 1 amide bonds. The van der Waals surface area contributed by atoms with E-state index in [2.05, 4.69) is 80.1 Å². The summed E-state index contributed by atoms with van der Waals surface area (Å²) in [7, 11) is 9.67. The first-order valence-corrected chi connectivity index (χ1v) is 12.6. The van der Waals surface area contributed by atoms with Crippen molar-refractivity contribution < 1.29 is 4.79 Å². The Kier molecular flexibility index (Phi) is 16.9. The summed E-state index contributed by atoms with van der Waals surface area (Å²) >= 11 is 0. The molecule has 3 rings (SSSR count).